The van der Waals surface area contributed by atoms with Crippen LogP contribution in [0.25, 0.3) is 11.1 Å². The third-order valence-corrected chi connectivity index (χ3v) is 7.13. The summed E-state index contributed by atoms with van der Waals surface area (Å²) in [5.41, 5.74) is 2.34. The molecule has 7 nitrogen and oxygen atoms in total. The molecule has 0 spiro atoms. The van der Waals surface area contributed by atoms with E-state index in [1.54, 1.807) is 20.0 Å². The van der Waals surface area contributed by atoms with Crippen molar-refractivity contribution in [3.05, 3.63) is 38.8 Å². The molecule has 132 valence electrons. The van der Waals surface area contributed by atoms with Crippen molar-refractivity contribution in [3.63, 3.8) is 0 Å². The fourth-order valence-electron chi connectivity index (χ4n) is 3.11. The molecule has 2 heterocycles. The highest BCUT2D eigenvalue weighted by molar-refractivity contribution is 7.93. The Kier molecular flexibility index (Phi) is 3.73. The second-order valence-corrected chi connectivity index (χ2v) is 8.95. The third-order valence-electron chi connectivity index (χ3n) is 4.45. The molecule has 4 rings (SSSR count). The van der Waals surface area contributed by atoms with Gasteiger partial charge in [-0.1, -0.05) is 0 Å². The summed E-state index contributed by atoms with van der Waals surface area (Å²) in [6, 6.07) is 3.03. The van der Waals surface area contributed by atoms with Crippen LogP contribution in [0.2, 0.25) is 0 Å². The molecule has 2 aromatic heterocycles. The van der Waals surface area contributed by atoms with Gasteiger partial charge in [-0.05, 0) is 44.2 Å². The minimum atomic E-state index is -3.81. The van der Waals surface area contributed by atoms with Crippen LogP contribution in [0.15, 0.2) is 26.2 Å². The SMILES string of the molecule is Cc1cc2c(cc1S(=O)(=O)Nc1nc3c(s1)CCCC3)oc(=O)n2C. The molecule has 0 saturated heterocycles. The van der Waals surface area contributed by atoms with Gasteiger partial charge in [0.2, 0.25) is 0 Å². The van der Waals surface area contributed by atoms with Gasteiger partial charge in [0.05, 0.1) is 16.1 Å². The highest BCUT2D eigenvalue weighted by Gasteiger charge is 2.23. The molecule has 0 bridgehead atoms. The molecule has 0 radical (unpaired) electrons. The monoisotopic (exact) mass is 379 g/mol. The Labute approximate surface area is 148 Å². The molecule has 0 amide bonds. The molecular formula is C16H17N3O4S2. The lowest BCUT2D eigenvalue weighted by molar-refractivity contribution is 0.527. The maximum absolute atomic E-state index is 12.8. The van der Waals surface area contributed by atoms with Crippen LogP contribution in [0.1, 0.15) is 29.0 Å². The topological polar surface area (TPSA) is 94.2 Å². The second-order valence-electron chi connectivity index (χ2n) is 6.21. The predicted molar refractivity (Wildman–Crippen MR) is 95.8 cm³/mol. The summed E-state index contributed by atoms with van der Waals surface area (Å²) in [6.45, 7) is 1.69. The first-order valence-electron chi connectivity index (χ1n) is 7.97. The van der Waals surface area contributed by atoms with Crippen molar-refractivity contribution < 1.29 is 12.8 Å². The number of aryl methyl sites for hydroxylation is 4. The minimum absolute atomic E-state index is 0.0857. The van der Waals surface area contributed by atoms with Gasteiger partial charge in [0.1, 0.15) is 0 Å². The summed E-state index contributed by atoms with van der Waals surface area (Å²) < 4.78 is 34.6. The van der Waals surface area contributed by atoms with E-state index in [2.05, 4.69) is 9.71 Å². The Morgan fingerprint density at radius 1 is 1.28 bits per heavy atom. The first kappa shape index (κ1) is 16.3. The van der Waals surface area contributed by atoms with Gasteiger partial charge in [0, 0.05) is 18.0 Å². The van der Waals surface area contributed by atoms with E-state index in [1.165, 1.54) is 22.0 Å². The molecule has 9 heteroatoms. The molecule has 0 aliphatic heterocycles. The zero-order valence-electron chi connectivity index (χ0n) is 13.8. The quantitative estimate of drug-likeness (QED) is 0.755. The summed E-state index contributed by atoms with van der Waals surface area (Å²) in [5.74, 6) is -0.524. The van der Waals surface area contributed by atoms with Crippen molar-refractivity contribution in [2.24, 2.45) is 7.05 Å². The summed E-state index contributed by atoms with van der Waals surface area (Å²) in [7, 11) is -2.23. The van der Waals surface area contributed by atoms with E-state index in [-0.39, 0.29) is 10.5 Å². The van der Waals surface area contributed by atoms with Crippen molar-refractivity contribution in [2.75, 3.05) is 4.72 Å². The maximum Gasteiger partial charge on any atom is 0.419 e. The first-order valence-corrected chi connectivity index (χ1v) is 10.3. The molecule has 1 aromatic carbocycles. The molecule has 0 saturated carbocycles. The molecular weight excluding hydrogens is 362 g/mol. The van der Waals surface area contributed by atoms with E-state index in [0.717, 1.165) is 36.3 Å². The lowest BCUT2D eigenvalue weighted by atomic mass is 10.0. The van der Waals surface area contributed by atoms with Gasteiger partial charge in [-0.3, -0.25) is 9.29 Å². The van der Waals surface area contributed by atoms with Gasteiger partial charge in [0.25, 0.3) is 10.0 Å². The van der Waals surface area contributed by atoms with E-state index >= 15 is 0 Å². The Hall–Kier alpha value is -2.13. The fraction of sp³-hybridized carbons (Fsp3) is 0.375. The van der Waals surface area contributed by atoms with Gasteiger partial charge >= 0.3 is 5.76 Å². The van der Waals surface area contributed by atoms with Crippen LogP contribution < -0.4 is 10.5 Å². The second kappa shape index (κ2) is 5.70. The average Bonchev–Trinajstić information content (AvgIpc) is 3.07. The molecule has 1 aliphatic carbocycles. The summed E-state index contributed by atoms with van der Waals surface area (Å²) >= 11 is 1.39. The van der Waals surface area contributed by atoms with Gasteiger partial charge in [-0.15, -0.1) is 11.3 Å². The van der Waals surface area contributed by atoms with Crippen LogP contribution in [-0.2, 0) is 29.9 Å². The summed E-state index contributed by atoms with van der Waals surface area (Å²) in [4.78, 5) is 17.3. The predicted octanol–water partition coefficient (Wildman–Crippen LogP) is 2.58. The van der Waals surface area contributed by atoms with E-state index < -0.39 is 15.8 Å². The highest BCUT2D eigenvalue weighted by Crippen LogP contribution is 2.31. The summed E-state index contributed by atoms with van der Waals surface area (Å²) in [5, 5.41) is 0.390. The molecule has 3 aromatic rings. The van der Waals surface area contributed by atoms with Crippen molar-refractivity contribution in [3.8, 4) is 0 Å². The number of hydrogen-bond acceptors (Lipinski definition) is 6. The number of fused-ring (bicyclic) bond motifs is 2. The number of sulfonamides is 1. The lowest BCUT2D eigenvalue weighted by Crippen LogP contribution is -2.14. The number of aromatic nitrogens is 2. The molecule has 0 fully saturated rings. The zero-order valence-corrected chi connectivity index (χ0v) is 15.5. The standard InChI is InChI=1S/C16H17N3O4S2/c1-9-7-11-12(23-16(20)19(11)2)8-14(9)25(21,22)18-15-17-10-5-3-4-6-13(10)24-15/h7-8H,3-6H2,1-2H3,(H,17,18). The maximum atomic E-state index is 12.8. The molecule has 0 atom stereocenters. The van der Waals surface area contributed by atoms with Crippen LogP contribution in [0.3, 0.4) is 0 Å². The van der Waals surface area contributed by atoms with E-state index in [9.17, 15) is 13.2 Å². The van der Waals surface area contributed by atoms with Crippen LogP contribution in [0.5, 0.6) is 0 Å². The number of nitrogens with one attached hydrogen (secondary N) is 1. The average molecular weight is 379 g/mol. The third kappa shape index (κ3) is 2.77. The number of benzene rings is 1. The lowest BCUT2D eigenvalue weighted by Gasteiger charge is -2.08. The van der Waals surface area contributed by atoms with Gasteiger partial charge in [-0.25, -0.2) is 18.2 Å². The summed E-state index contributed by atoms with van der Waals surface area (Å²) in [6.07, 6.45) is 4.05. The molecule has 0 unspecified atom stereocenters. The van der Waals surface area contributed by atoms with Gasteiger partial charge in [0.15, 0.2) is 10.7 Å². The molecule has 25 heavy (non-hydrogen) atoms. The van der Waals surface area contributed by atoms with Crippen molar-refractivity contribution >= 4 is 37.6 Å². The Bertz CT molecular complexity index is 1110. The van der Waals surface area contributed by atoms with Crippen LogP contribution >= 0.6 is 11.3 Å². The van der Waals surface area contributed by atoms with Crippen LogP contribution in [0, 0.1) is 6.92 Å². The van der Waals surface area contributed by atoms with Crippen LogP contribution in [0.4, 0.5) is 5.13 Å². The van der Waals surface area contributed by atoms with Crippen molar-refractivity contribution in [1.82, 2.24) is 9.55 Å². The number of anilines is 1. The number of rotatable bonds is 3. The Morgan fingerprint density at radius 3 is 2.80 bits per heavy atom. The fourth-order valence-corrected chi connectivity index (χ4v) is 5.64. The highest BCUT2D eigenvalue weighted by atomic mass is 32.2. The smallest absolute Gasteiger partial charge is 0.408 e. The van der Waals surface area contributed by atoms with Crippen LogP contribution in [-0.4, -0.2) is 18.0 Å². The van der Waals surface area contributed by atoms with Gasteiger partial charge < -0.3 is 4.42 Å². The number of nitrogens with zero attached hydrogens (tertiary/aromatic N) is 2. The Morgan fingerprint density at radius 2 is 2.04 bits per heavy atom. The normalized spacial score (nSPS) is 14.6. The number of hydrogen-bond donors (Lipinski definition) is 1. The first-order chi connectivity index (χ1) is 11.8. The Balaban J connectivity index is 1.74. The molecule has 1 aliphatic rings. The zero-order chi connectivity index (χ0) is 17.8. The largest absolute Gasteiger partial charge is 0.419 e. The number of oxazole rings is 1. The molecule has 1 N–H and O–H groups in total. The van der Waals surface area contributed by atoms with Gasteiger partial charge in [-0.2, -0.15) is 0 Å². The van der Waals surface area contributed by atoms with Crippen molar-refractivity contribution in [2.45, 2.75) is 37.5 Å². The number of thiazole rings is 1. The van der Waals surface area contributed by atoms with E-state index in [4.69, 9.17) is 4.42 Å². The van der Waals surface area contributed by atoms with Crippen molar-refractivity contribution in [1.29, 1.82) is 0 Å². The minimum Gasteiger partial charge on any atom is -0.408 e. The van der Waals surface area contributed by atoms with E-state index in [1.807, 2.05) is 0 Å². The van der Waals surface area contributed by atoms with E-state index in [0.29, 0.717) is 16.2 Å².